The number of rotatable bonds is 8. The zero-order valence-corrected chi connectivity index (χ0v) is 10.8. The van der Waals surface area contributed by atoms with E-state index in [1.165, 1.54) is 38.5 Å². The van der Waals surface area contributed by atoms with Gasteiger partial charge in [0.05, 0.1) is 0 Å². The van der Waals surface area contributed by atoms with Gasteiger partial charge in [0.25, 0.3) is 0 Å². The molecule has 0 radical (unpaired) electrons. The first kappa shape index (κ1) is 14.4. The third kappa shape index (κ3) is 9.66. The molecule has 0 amide bonds. The van der Waals surface area contributed by atoms with Crippen LogP contribution in [0.15, 0.2) is 0 Å². The predicted molar refractivity (Wildman–Crippen MR) is 68.7 cm³/mol. The van der Waals surface area contributed by atoms with Crippen molar-refractivity contribution in [3.05, 3.63) is 0 Å². The molecule has 0 bridgehead atoms. The Bertz CT molecular complexity index is 176. The molecule has 0 aliphatic heterocycles. The summed E-state index contributed by atoms with van der Waals surface area (Å²) in [5.41, 5.74) is 0. The largest absolute Gasteiger partial charge is 0.333 e. The van der Waals surface area contributed by atoms with Crippen LogP contribution in [0.5, 0.6) is 0 Å². The third-order valence-corrected chi connectivity index (χ3v) is 2.48. The van der Waals surface area contributed by atoms with Crippen LogP contribution in [0.4, 0.5) is 0 Å². The van der Waals surface area contributed by atoms with E-state index in [1.54, 1.807) is 0 Å². The molecule has 1 heteroatoms. The van der Waals surface area contributed by atoms with Crippen molar-refractivity contribution in [2.45, 2.75) is 65.7 Å². The van der Waals surface area contributed by atoms with Gasteiger partial charge in [0.2, 0.25) is 0 Å². The Labute approximate surface area is 96.2 Å². The van der Waals surface area contributed by atoms with Crippen LogP contribution in [-0.4, -0.2) is 18.0 Å². The molecule has 0 aromatic rings. The smallest absolute Gasteiger partial charge is 0.0260 e. The molecule has 0 spiro atoms. The lowest BCUT2D eigenvalue weighted by molar-refractivity contribution is 0.374. The molecular formula is C14H27N. The van der Waals surface area contributed by atoms with Crippen molar-refractivity contribution in [2.24, 2.45) is 0 Å². The van der Waals surface area contributed by atoms with E-state index in [2.05, 4.69) is 37.6 Å². The van der Waals surface area contributed by atoms with Crippen molar-refractivity contribution in [2.75, 3.05) is 13.1 Å². The first-order valence-electron chi connectivity index (χ1n) is 6.58. The molecule has 0 aliphatic rings. The van der Waals surface area contributed by atoms with Gasteiger partial charge in [-0.25, -0.2) is 0 Å². The van der Waals surface area contributed by atoms with Gasteiger partial charge in [0, 0.05) is 25.6 Å². The van der Waals surface area contributed by atoms with Crippen molar-refractivity contribution in [3.63, 3.8) is 0 Å². The van der Waals surface area contributed by atoms with E-state index in [9.17, 15) is 0 Å². The van der Waals surface area contributed by atoms with Gasteiger partial charge in [0.15, 0.2) is 0 Å². The van der Waals surface area contributed by atoms with Crippen LogP contribution in [0.2, 0.25) is 0 Å². The lowest BCUT2D eigenvalue weighted by Crippen LogP contribution is -2.20. The van der Waals surface area contributed by atoms with Gasteiger partial charge in [-0.2, -0.15) is 0 Å². The monoisotopic (exact) mass is 209 g/mol. The topological polar surface area (TPSA) is 3.24 Å². The molecule has 0 unspecified atom stereocenters. The third-order valence-electron chi connectivity index (χ3n) is 2.48. The Kier molecular flexibility index (Phi) is 10.9. The standard InChI is InChI=1S/C14H27N/c1-4-7-10-11-14-15(12-8-5-2)13-9-6-3/h4-8,10-12,14H2,1-3H3. The maximum atomic E-state index is 3.26. The van der Waals surface area contributed by atoms with E-state index in [4.69, 9.17) is 0 Å². The molecule has 0 aromatic carbocycles. The second-order valence-electron chi connectivity index (χ2n) is 4.04. The van der Waals surface area contributed by atoms with Gasteiger partial charge in [-0.1, -0.05) is 52.4 Å². The summed E-state index contributed by atoms with van der Waals surface area (Å²) in [6.45, 7) is 8.92. The van der Waals surface area contributed by atoms with E-state index < -0.39 is 0 Å². The molecule has 0 fully saturated rings. The minimum atomic E-state index is 0.970. The zero-order chi connectivity index (χ0) is 11.4. The fourth-order valence-corrected chi connectivity index (χ4v) is 1.49. The average molecular weight is 209 g/mol. The molecule has 88 valence electrons. The molecule has 0 saturated heterocycles. The summed E-state index contributed by atoms with van der Waals surface area (Å²) in [5.74, 6) is 3.17. The van der Waals surface area contributed by atoms with Gasteiger partial charge >= 0.3 is 0 Å². The van der Waals surface area contributed by atoms with Crippen LogP contribution < -0.4 is 0 Å². The van der Waals surface area contributed by atoms with Gasteiger partial charge in [-0.05, 0) is 12.8 Å². The molecular weight excluding hydrogens is 182 g/mol. The van der Waals surface area contributed by atoms with Crippen molar-refractivity contribution in [1.29, 1.82) is 0 Å². The zero-order valence-electron chi connectivity index (χ0n) is 10.8. The lowest BCUT2D eigenvalue weighted by atomic mass is 10.2. The van der Waals surface area contributed by atoms with E-state index in [0.717, 1.165) is 19.5 Å². The number of unbranched alkanes of at least 4 members (excludes halogenated alkanes) is 4. The number of nitrogens with zero attached hydrogens (tertiary/aromatic N) is 1. The van der Waals surface area contributed by atoms with E-state index in [-0.39, 0.29) is 0 Å². The summed E-state index contributed by atoms with van der Waals surface area (Å²) in [6, 6.07) is 3.26. The minimum absolute atomic E-state index is 0.970. The number of hydrogen-bond acceptors (Lipinski definition) is 1. The maximum absolute atomic E-state index is 3.26. The quantitative estimate of drug-likeness (QED) is 0.331. The highest BCUT2D eigenvalue weighted by Crippen LogP contribution is 2.02. The highest BCUT2D eigenvalue weighted by atomic mass is 15.1. The summed E-state index contributed by atoms with van der Waals surface area (Å²) in [7, 11) is 0. The van der Waals surface area contributed by atoms with Gasteiger partial charge in [-0.3, -0.25) is 0 Å². The summed E-state index contributed by atoms with van der Waals surface area (Å²) in [4.78, 5) is 2.31. The van der Waals surface area contributed by atoms with Gasteiger partial charge in [-0.15, -0.1) is 0 Å². The van der Waals surface area contributed by atoms with Crippen LogP contribution in [0.3, 0.4) is 0 Å². The average Bonchev–Trinajstić information content (AvgIpc) is 2.27. The molecule has 0 heterocycles. The Morgan fingerprint density at radius 1 is 0.800 bits per heavy atom. The fourth-order valence-electron chi connectivity index (χ4n) is 1.49. The molecule has 1 nitrogen and oxygen atoms in total. The van der Waals surface area contributed by atoms with Crippen LogP contribution in [0.1, 0.15) is 65.7 Å². The second-order valence-corrected chi connectivity index (χ2v) is 4.04. The summed E-state index contributed by atoms with van der Waals surface area (Å²) in [5, 5.41) is 0. The van der Waals surface area contributed by atoms with Crippen LogP contribution in [0.25, 0.3) is 0 Å². The molecule has 0 saturated carbocycles. The van der Waals surface area contributed by atoms with E-state index in [1.807, 2.05) is 0 Å². The molecule has 0 N–H and O–H groups in total. The first-order valence-corrected chi connectivity index (χ1v) is 6.58. The highest BCUT2D eigenvalue weighted by Gasteiger charge is 1.98. The summed E-state index contributed by atoms with van der Waals surface area (Å²) < 4.78 is 0. The van der Waals surface area contributed by atoms with Crippen LogP contribution in [-0.2, 0) is 0 Å². The Hall–Kier alpha value is -0.640. The van der Waals surface area contributed by atoms with Gasteiger partial charge in [0.1, 0.15) is 0 Å². The van der Waals surface area contributed by atoms with Crippen molar-refractivity contribution in [1.82, 2.24) is 4.90 Å². The van der Waals surface area contributed by atoms with Crippen LogP contribution >= 0.6 is 0 Å². The van der Waals surface area contributed by atoms with Crippen LogP contribution in [0, 0.1) is 12.0 Å². The van der Waals surface area contributed by atoms with Gasteiger partial charge < -0.3 is 4.90 Å². The van der Waals surface area contributed by atoms with E-state index in [0.29, 0.717) is 0 Å². The maximum Gasteiger partial charge on any atom is 0.0260 e. The molecule has 0 rings (SSSR count). The number of hydrogen-bond donors (Lipinski definition) is 0. The molecule has 0 aliphatic carbocycles. The Morgan fingerprint density at radius 3 is 2.07 bits per heavy atom. The summed E-state index contributed by atoms with van der Waals surface area (Å²) >= 11 is 0. The Balaban J connectivity index is 3.69. The van der Waals surface area contributed by atoms with E-state index >= 15 is 0 Å². The lowest BCUT2D eigenvalue weighted by Gasteiger charge is -2.16. The molecule has 0 atom stereocenters. The fraction of sp³-hybridized carbons (Fsp3) is 0.857. The second kappa shape index (κ2) is 11.4. The minimum Gasteiger partial charge on any atom is -0.333 e. The Morgan fingerprint density at radius 2 is 1.47 bits per heavy atom. The van der Waals surface area contributed by atoms with Crippen molar-refractivity contribution in [3.8, 4) is 12.0 Å². The van der Waals surface area contributed by atoms with Crippen molar-refractivity contribution >= 4 is 0 Å². The predicted octanol–water partition coefficient (Wildman–Crippen LogP) is 4.04. The highest BCUT2D eigenvalue weighted by molar-refractivity contribution is 4.97. The first-order chi connectivity index (χ1) is 7.35. The molecule has 15 heavy (non-hydrogen) atoms. The van der Waals surface area contributed by atoms with Crippen molar-refractivity contribution < 1.29 is 0 Å². The normalized spacial score (nSPS) is 9.53. The molecule has 0 aromatic heterocycles. The SMILES string of the molecule is CCC#CN(CCCC)CCCCCC. The summed E-state index contributed by atoms with van der Waals surface area (Å²) in [6.07, 6.45) is 8.84.